The molecule has 4 aromatic rings. The average molecular weight is 455 g/mol. The third-order valence-corrected chi connectivity index (χ3v) is 5.95. The summed E-state index contributed by atoms with van der Waals surface area (Å²) in [5, 5.41) is 0. The number of carbonyl (C=O) groups excluding carboxylic acids is 1. The molecular weight excluding hydrogens is 428 g/mol. The second-order valence-corrected chi connectivity index (χ2v) is 8.14. The molecule has 5 rings (SSSR count). The third kappa shape index (κ3) is 4.66. The highest BCUT2D eigenvalue weighted by atomic mass is 16.5. The van der Waals surface area contributed by atoms with Gasteiger partial charge in [0.25, 0.3) is 5.91 Å². The van der Waals surface area contributed by atoms with Crippen LogP contribution in [0.1, 0.15) is 13.3 Å². The number of piperazine rings is 1. The number of amides is 1. The summed E-state index contributed by atoms with van der Waals surface area (Å²) in [6.07, 6.45) is 5.32. The molecule has 1 amide bonds. The molecule has 1 saturated heterocycles. The van der Waals surface area contributed by atoms with Crippen LogP contribution in [-0.2, 0) is 4.79 Å². The van der Waals surface area contributed by atoms with Crippen molar-refractivity contribution in [3.63, 3.8) is 0 Å². The van der Waals surface area contributed by atoms with Crippen LogP contribution in [0.15, 0.2) is 73.2 Å². The largest absolute Gasteiger partial charge is 0.481 e. The summed E-state index contributed by atoms with van der Waals surface area (Å²) in [7, 11) is 0. The van der Waals surface area contributed by atoms with Crippen molar-refractivity contribution in [1.29, 1.82) is 0 Å². The van der Waals surface area contributed by atoms with Crippen LogP contribution in [0.25, 0.3) is 22.3 Å². The van der Waals surface area contributed by atoms with Gasteiger partial charge < -0.3 is 14.5 Å². The van der Waals surface area contributed by atoms with Crippen LogP contribution in [0.3, 0.4) is 0 Å². The van der Waals surface area contributed by atoms with Crippen molar-refractivity contribution in [2.75, 3.05) is 31.1 Å². The molecule has 0 saturated carbocycles. The molecule has 8 nitrogen and oxygen atoms in total. The third-order valence-electron chi connectivity index (χ3n) is 5.95. The summed E-state index contributed by atoms with van der Waals surface area (Å²) in [5.41, 5.74) is 3.47. The Morgan fingerprint density at radius 3 is 2.32 bits per heavy atom. The van der Waals surface area contributed by atoms with Gasteiger partial charge in [0.1, 0.15) is 5.75 Å². The molecule has 0 unspecified atom stereocenters. The number of nitrogens with zero attached hydrogens (tertiary/aromatic N) is 6. The maximum absolute atomic E-state index is 13.1. The Morgan fingerprint density at radius 2 is 1.62 bits per heavy atom. The predicted octanol–water partition coefficient (Wildman–Crippen LogP) is 3.59. The summed E-state index contributed by atoms with van der Waals surface area (Å²) in [5.74, 6) is 1.38. The Kier molecular flexibility index (Phi) is 6.29. The fraction of sp³-hybridized carbons (Fsp3) is 0.269. The molecule has 1 aliphatic rings. The lowest BCUT2D eigenvalue weighted by atomic mass is 10.1. The normalized spacial score (nSPS) is 14.7. The Balaban J connectivity index is 1.22. The zero-order valence-corrected chi connectivity index (χ0v) is 19.0. The van der Waals surface area contributed by atoms with Gasteiger partial charge in [-0.2, -0.15) is 0 Å². The van der Waals surface area contributed by atoms with Crippen molar-refractivity contribution in [1.82, 2.24) is 24.8 Å². The van der Waals surface area contributed by atoms with E-state index in [1.165, 1.54) is 0 Å². The first kappa shape index (κ1) is 21.8. The molecule has 172 valence electrons. The van der Waals surface area contributed by atoms with Crippen molar-refractivity contribution in [2.24, 2.45) is 0 Å². The quantitative estimate of drug-likeness (QED) is 0.440. The number of rotatable bonds is 6. The van der Waals surface area contributed by atoms with Gasteiger partial charge in [-0.15, -0.1) is 0 Å². The Morgan fingerprint density at radius 1 is 0.912 bits per heavy atom. The van der Waals surface area contributed by atoms with Gasteiger partial charge >= 0.3 is 0 Å². The van der Waals surface area contributed by atoms with E-state index in [0.29, 0.717) is 44.3 Å². The highest BCUT2D eigenvalue weighted by molar-refractivity contribution is 5.81. The van der Waals surface area contributed by atoms with Crippen LogP contribution in [0.2, 0.25) is 0 Å². The highest BCUT2D eigenvalue weighted by Crippen LogP contribution is 2.23. The molecule has 2 aromatic heterocycles. The van der Waals surface area contributed by atoms with Gasteiger partial charge in [-0.3, -0.25) is 9.78 Å². The number of para-hydroxylation sites is 2. The SMILES string of the molecule is CC[C@H](Oc1ccc(-c2cnc3ccccc3n2)cc1)C(=O)N1CCN(c2ncccn2)CC1. The lowest BCUT2D eigenvalue weighted by Crippen LogP contribution is -2.52. The number of ether oxygens (including phenoxy) is 1. The smallest absolute Gasteiger partial charge is 0.263 e. The molecule has 8 heteroatoms. The topological polar surface area (TPSA) is 84.3 Å². The van der Waals surface area contributed by atoms with E-state index in [0.717, 1.165) is 22.3 Å². The van der Waals surface area contributed by atoms with Crippen molar-refractivity contribution < 1.29 is 9.53 Å². The van der Waals surface area contributed by atoms with Crippen LogP contribution in [0.4, 0.5) is 5.95 Å². The molecule has 1 fully saturated rings. The van der Waals surface area contributed by atoms with Crippen LogP contribution < -0.4 is 9.64 Å². The Hall–Kier alpha value is -4.07. The fourth-order valence-electron chi connectivity index (χ4n) is 4.06. The maximum atomic E-state index is 13.1. The first-order chi connectivity index (χ1) is 16.7. The number of carbonyl (C=O) groups is 1. The van der Waals surface area contributed by atoms with Crippen molar-refractivity contribution in [3.8, 4) is 17.0 Å². The molecule has 0 aliphatic carbocycles. The van der Waals surface area contributed by atoms with Crippen molar-refractivity contribution >= 4 is 22.9 Å². The maximum Gasteiger partial charge on any atom is 0.263 e. The number of hydrogen-bond donors (Lipinski definition) is 0. The molecule has 2 aromatic carbocycles. The minimum Gasteiger partial charge on any atom is -0.481 e. The van der Waals surface area contributed by atoms with Gasteiger partial charge in [-0.05, 0) is 48.9 Å². The van der Waals surface area contributed by atoms with E-state index in [-0.39, 0.29) is 5.91 Å². The van der Waals surface area contributed by atoms with Gasteiger partial charge in [0.15, 0.2) is 6.10 Å². The van der Waals surface area contributed by atoms with Crippen LogP contribution in [0.5, 0.6) is 5.75 Å². The number of aromatic nitrogens is 4. The first-order valence-corrected chi connectivity index (χ1v) is 11.5. The number of fused-ring (bicyclic) bond motifs is 1. The minimum absolute atomic E-state index is 0.0144. The summed E-state index contributed by atoms with van der Waals surface area (Å²) in [4.78, 5) is 34.9. The second kappa shape index (κ2) is 9.82. The summed E-state index contributed by atoms with van der Waals surface area (Å²) in [6, 6.07) is 17.3. The predicted molar refractivity (Wildman–Crippen MR) is 131 cm³/mol. The zero-order valence-electron chi connectivity index (χ0n) is 19.0. The van der Waals surface area contributed by atoms with E-state index in [1.807, 2.05) is 60.4 Å². The van der Waals surface area contributed by atoms with E-state index >= 15 is 0 Å². The summed E-state index contributed by atoms with van der Waals surface area (Å²) >= 11 is 0. The number of benzene rings is 2. The molecule has 0 bridgehead atoms. The van der Waals surface area contributed by atoms with Crippen LogP contribution >= 0.6 is 0 Å². The lowest BCUT2D eigenvalue weighted by molar-refractivity contribution is -0.139. The number of anilines is 1. The monoisotopic (exact) mass is 454 g/mol. The van der Waals surface area contributed by atoms with Gasteiger partial charge in [0.2, 0.25) is 5.95 Å². The molecule has 34 heavy (non-hydrogen) atoms. The van der Waals surface area contributed by atoms with E-state index in [9.17, 15) is 4.79 Å². The molecule has 0 N–H and O–H groups in total. The van der Waals surface area contributed by atoms with Crippen molar-refractivity contribution in [2.45, 2.75) is 19.4 Å². The minimum atomic E-state index is -0.522. The first-order valence-electron chi connectivity index (χ1n) is 11.5. The molecule has 1 aliphatic heterocycles. The van der Waals surface area contributed by atoms with E-state index in [2.05, 4.69) is 19.9 Å². The second-order valence-electron chi connectivity index (χ2n) is 8.14. The highest BCUT2D eigenvalue weighted by Gasteiger charge is 2.28. The molecule has 0 radical (unpaired) electrons. The molecule has 0 spiro atoms. The molecule has 1 atom stereocenters. The Labute approximate surface area is 198 Å². The molecular formula is C26H26N6O2. The summed E-state index contributed by atoms with van der Waals surface area (Å²) in [6.45, 7) is 4.62. The number of hydrogen-bond acceptors (Lipinski definition) is 7. The fourth-order valence-corrected chi connectivity index (χ4v) is 4.06. The van der Waals surface area contributed by atoms with Crippen LogP contribution in [-0.4, -0.2) is 63.0 Å². The molecule has 3 heterocycles. The van der Waals surface area contributed by atoms with Gasteiger partial charge in [0, 0.05) is 44.1 Å². The summed E-state index contributed by atoms with van der Waals surface area (Å²) < 4.78 is 6.09. The van der Waals surface area contributed by atoms with Gasteiger partial charge in [-0.1, -0.05) is 19.1 Å². The van der Waals surface area contributed by atoms with E-state index in [1.54, 1.807) is 24.7 Å². The van der Waals surface area contributed by atoms with Crippen LogP contribution in [0, 0.1) is 0 Å². The Bertz CT molecular complexity index is 1260. The van der Waals surface area contributed by atoms with Gasteiger partial charge in [-0.25, -0.2) is 15.0 Å². The van der Waals surface area contributed by atoms with E-state index < -0.39 is 6.10 Å². The average Bonchev–Trinajstić information content (AvgIpc) is 2.92. The lowest BCUT2D eigenvalue weighted by Gasteiger charge is -2.36. The van der Waals surface area contributed by atoms with Crippen molar-refractivity contribution in [3.05, 3.63) is 73.2 Å². The van der Waals surface area contributed by atoms with E-state index in [4.69, 9.17) is 9.72 Å². The zero-order chi connectivity index (χ0) is 23.3. The standard InChI is InChI=1S/C26H26N6O2/c1-2-24(25(33)31-14-16-32(17-15-31)26-27-12-5-13-28-26)34-20-10-8-19(9-11-20)23-18-29-21-6-3-4-7-22(21)30-23/h3-13,18,24H,2,14-17H2,1H3/t24-/m0/s1. The van der Waals surface area contributed by atoms with Gasteiger partial charge in [0.05, 0.1) is 22.9 Å².